The first-order valence-corrected chi connectivity index (χ1v) is 9.80. The van der Waals surface area contributed by atoms with Crippen molar-refractivity contribution in [2.45, 2.75) is 11.8 Å². The third kappa shape index (κ3) is 4.49. The van der Waals surface area contributed by atoms with Gasteiger partial charge in [0.05, 0.1) is 19.1 Å². The Labute approximate surface area is 163 Å². The maximum absolute atomic E-state index is 12.6. The zero-order valence-corrected chi connectivity index (χ0v) is 16.4. The summed E-state index contributed by atoms with van der Waals surface area (Å²) in [5.41, 5.74) is 2.04. The normalized spacial score (nSPS) is 11.0. The van der Waals surface area contributed by atoms with Gasteiger partial charge in [-0.05, 0) is 43.3 Å². The Bertz CT molecular complexity index is 1070. The molecular formula is C19H20N4O4S. The van der Waals surface area contributed by atoms with E-state index in [1.165, 1.54) is 32.7 Å². The number of aryl methyl sites for hydroxylation is 1. The van der Waals surface area contributed by atoms with Crippen LogP contribution in [0.15, 0.2) is 59.8 Å². The van der Waals surface area contributed by atoms with Gasteiger partial charge in [0.1, 0.15) is 12.1 Å². The predicted molar refractivity (Wildman–Crippen MR) is 107 cm³/mol. The Morgan fingerprint density at radius 1 is 0.857 bits per heavy atom. The molecule has 0 unspecified atom stereocenters. The fourth-order valence-corrected chi connectivity index (χ4v) is 3.56. The van der Waals surface area contributed by atoms with Gasteiger partial charge in [-0.2, -0.15) is 0 Å². The highest BCUT2D eigenvalue weighted by atomic mass is 32.2. The second kappa shape index (κ2) is 8.13. The molecule has 1 heterocycles. The number of benzene rings is 2. The van der Waals surface area contributed by atoms with E-state index < -0.39 is 10.0 Å². The Morgan fingerprint density at radius 3 is 2.18 bits per heavy atom. The summed E-state index contributed by atoms with van der Waals surface area (Å²) in [5, 5.41) is 3.14. The molecule has 0 bridgehead atoms. The van der Waals surface area contributed by atoms with E-state index in [-0.39, 0.29) is 4.90 Å². The van der Waals surface area contributed by atoms with Crippen LogP contribution >= 0.6 is 0 Å². The Kier molecular flexibility index (Phi) is 5.65. The minimum atomic E-state index is -3.77. The molecule has 8 nitrogen and oxygen atoms in total. The summed E-state index contributed by atoms with van der Waals surface area (Å²) in [6, 6.07) is 13.1. The van der Waals surface area contributed by atoms with E-state index in [9.17, 15) is 8.42 Å². The molecule has 0 saturated heterocycles. The molecule has 2 aromatic carbocycles. The van der Waals surface area contributed by atoms with E-state index in [1.54, 1.807) is 30.3 Å². The maximum atomic E-state index is 12.6. The van der Waals surface area contributed by atoms with Gasteiger partial charge in [0.15, 0.2) is 11.5 Å². The number of ether oxygens (including phenoxy) is 2. The van der Waals surface area contributed by atoms with Crippen LogP contribution in [0, 0.1) is 6.92 Å². The van der Waals surface area contributed by atoms with Gasteiger partial charge in [-0.15, -0.1) is 0 Å². The first-order chi connectivity index (χ1) is 13.4. The molecule has 3 rings (SSSR count). The first-order valence-electron chi connectivity index (χ1n) is 8.32. The van der Waals surface area contributed by atoms with Crippen molar-refractivity contribution in [3.05, 3.63) is 60.6 Å². The van der Waals surface area contributed by atoms with Crippen molar-refractivity contribution in [3.63, 3.8) is 0 Å². The number of sulfonamides is 1. The van der Waals surface area contributed by atoms with Crippen LogP contribution in [0.5, 0.6) is 11.5 Å². The van der Waals surface area contributed by atoms with Crippen molar-refractivity contribution < 1.29 is 17.9 Å². The summed E-state index contributed by atoms with van der Waals surface area (Å²) in [4.78, 5) is 8.25. The SMILES string of the molecule is COc1ccc(S(=O)(=O)Nc2ccc(Nc3cc(C)ncn3)cc2)cc1OC. The Morgan fingerprint density at radius 2 is 1.54 bits per heavy atom. The molecule has 28 heavy (non-hydrogen) atoms. The highest BCUT2D eigenvalue weighted by Crippen LogP contribution is 2.30. The van der Waals surface area contributed by atoms with Crippen LogP contribution in [0.1, 0.15) is 5.69 Å². The van der Waals surface area contributed by atoms with E-state index in [1.807, 2.05) is 13.0 Å². The van der Waals surface area contributed by atoms with Crippen LogP contribution in [0.4, 0.5) is 17.2 Å². The van der Waals surface area contributed by atoms with Gasteiger partial charge in [0.2, 0.25) is 0 Å². The van der Waals surface area contributed by atoms with E-state index in [4.69, 9.17) is 9.47 Å². The van der Waals surface area contributed by atoms with E-state index in [0.717, 1.165) is 11.4 Å². The summed E-state index contributed by atoms with van der Waals surface area (Å²) in [6.07, 6.45) is 1.48. The lowest BCUT2D eigenvalue weighted by atomic mass is 10.3. The number of nitrogens with zero attached hydrogens (tertiary/aromatic N) is 2. The van der Waals surface area contributed by atoms with Crippen LogP contribution < -0.4 is 19.5 Å². The molecule has 0 aliphatic rings. The minimum absolute atomic E-state index is 0.0730. The average Bonchev–Trinajstić information content (AvgIpc) is 2.68. The molecule has 0 amide bonds. The predicted octanol–water partition coefficient (Wildman–Crippen LogP) is 3.35. The molecule has 9 heteroatoms. The van der Waals surface area contributed by atoms with Crippen molar-refractivity contribution >= 4 is 27.2 Å². The largest absolute Gasteiger partial charge is 0.493 e. The zero-order chi connectivity index (χ0) is 20.1. The zero-order valence-electron chi connectivity index (χ0n) is 15.6. The van der Waals surface area contributed by atoms with Gasteiger partial charge in [-0.25, -0.2) is 18.4 Å². The van der Waals surface area contributed by atoms with Crippen LogP contribution in [0.3, 0.4) is 0 Å². The van der Waals surface area contributed by atoms with E-state index >= 15 is 0 Å². The lowest BCUT2D eigenvalue weighted by Gasteiger charge is -2.12. The first kappa shape index (κ1) is 19.4. The lowest BCUT2D eigenvalue weighted by molar-refractivity contribution is 0.354. The Balaban J connectivity index is 1.75. The minimum Gasteiger partial charge on any atom is -0.493 e. The molecule has 1 aromatic heterocycles. The molecule has 0 radical (unpaired) electrons. The number of hydrogen-bond acceptors (Lipinski definition) is 7. The third-order valence-electron chi connectivity index (χ3n) is 3.88. The van der Waals surface area contributed by atoms with Crippen LogP contribution in [0.2, 0.25) is 0 Å². The van der Waals surface area contributed by atoms with Gasteiger partial charge in [0, 0.05) is 29.2 Å². The summed E-state index contributed by atoms with van der Waals surface area (Å²) in [6.45, 7) is 1.87. The summed E-state index contributed by atoms with van der Waals surface area (Å²) >= 11 is 0. The molecule has 0 aliphatic heterocycles. The average molecular weight is 400 g/mol. The lowest BCUT2D eigenvalue weighted by Crippen LogP contribution is -2.13. The van der Waals surface area contributed by atoms with E-state index in [0.29, 0.717) is 23.0 Å². The van der Waals surface area contributed by atoms with Crippen LogP contribution in [0.25, 0.3) is 0 Å². The molecule has 0 spiro atoms. The molecule has 146 valence electrons. The number of methoxy groups -OCH3 is 2. The van der Waals surface area contributed by atoms with Gasteiger partial charge in [-0.1, -0.05) is 0 Å². The summed E-state index contributed by atoms with van der Waals surface area (Å²) in [7, 11) is -0.835. The maximum Gasteiger partial charge on any atom is 0.262 e. The summed E-state index contributed by atoms with van der Waals surface area (Å²) in [5.74, 6) is 1.45. The molecular weight excluding hydrogens is 380 g/mol. The second-order valence-corrected chi connectivity index (χ2v) is 7.55. The molecule has 0 atom stereocenters. The van der Waals surface area contributed by atoms with Gasteiger partial charge < -0.3 is 14.8 Å². The smallest absolute Gasteiger partial charge is 0.262 e. The fourth-order valence-electron chi connectivity index (χ4n) is 2.49. The number of aromatic nitrogens is 2. The highest BCUT2D eigenvalue weighted by Gasteiger charge is 2.17. The number of rotatable bonds is 7. The van der Waals surface area contributed by atoms with Crippen molar-refractivity contribution in [2.75, 3.05) is 24.3 Å². The highest BCUT2D eigenvalue weighted by molar-refractivity contribution is 7.92. The van der Waals surface area contributed by atoms with Crippen molar-refractivity contribution in [3.8, 4) is 11.5 Å². The van der Waals surface area contributed by atoms with Crippen molar-refractivity contribution in [1.29, 1.82) is 0 Å². The fraction of sp³-hybridized carbons (Fsp3) is 0.158. The van der Waals surface area contributed by atoms with Crippen molar-refractivity contribution in [1.82, 2.24) is 9.97 Å². The molecule has 0 saturated carbocycles. The van der Waals surface area contributed by atoms with Crippen LogP contribution in [-0.2, 0) is 10.0 Å². The molecule has 0 fully saturated rings. The number of anilines is 3. The second-order valence-electron chi connectivity index (χ2n) is 5.87. The molecule has 3 aromatic rings. The quantitative estimate of drug-likeness (QED) is 0.627. The topological polar surface area (TPSA) is 102 Å². The molecule has 0 aliphatic carbocycles. The van der Waals surface area contributed by atoms with Crippen LogP contribution in [-0.4, -0.2) is 32.6 Å². The van der Waals surface area contributed by atoms with Gasteiger partial charge in [0.25, 0.3) is 10.0 Å². The third-order valence-corrected chi connectivity index (χ3v) is 5.26. The number of nitrogens with one attached hydrogen (secondary N) is 2. The van der Waals surface area contributed by atoms with E-state index in [2.05, 4.69) is 20.0 Å². The molecule has 2 N–H and O–H groups in total. The summed E-state index contributed by atoms with van der Waals surface area (Å²) < 4.78 is 38.1. The standard InChI is InChI=1S/C19H20N4O4S/c1-13-10-19(21-12-20-13)22-14-4-6-15(7-5-14)23-28(24,25)16-8-9-17(26-2)18(11-16)27-3/h4-12,23H,1-3H3,(H,20,21,22). The Hall–Kier alpha value is -3.33. The monoisotopic (exact) mass is 400 g/mol. The number of hydrogen-bond donors (Lipinski definition) is 2. The van der Waals surface area contributed by atoms with Gasteiger partial charge >= 0.3 is 0 Å². The van der Waals surface area contributed by atoms with Gasteiger partial charge in [-0.3, -0.25) is 4.72 Å². The van der Waals surface area contributed by atoms with Crippen molar-refractivity contribution in [2.24, 2.45) is 0 Å².